The molecule has 2 aromatic rings. The van der Waals surface area contributed by atoms with Gasteiger partial charge >= 0.3 is 0 Å². The average molecular weight is 328 g/mol. The molecule has 0 aromatic heterocycles. The first-order chi connectivity index (χ1) is 9.01. The van der Waals surface area contributed by atoms with Gasteiger partial charge < -0.3 is 10.5 Å². The van der Waals surface area contributed by atoms with E-state index in [0.29, 0.717) is 21.3 Å². The van der Waals surface area contributed by atoms with Gasteiger partial charge in [0.05, 0.1) is 13.2 Å². The molecule has 2 aromatic carbocycles. The Morgan fingerprint density at radius 1 is 1.11 bits per heavy atom. The maximum absolute atomic E-state index is 13.4. The number of halogens is 3. The van der Waals surface area contributed by atoms with E-state index >= 15 is 0 Å². The normalized spacial score (nSPS) is 12.3. The first-order valence-corrected chi connectivity index (χ1v) is 6.35. The summed E-state index contributed by atoms with van der Waals surface area (Å²) in [7, 11) is 1.48. The van der Waals surface area contributed by atoms with Gasteiger partial charge in [0, 0.05) is 10.0 Å². The van der Waals surface area contributed by atoms with Gasteiger partial charge in [-0.25, -0.2) is 8.78 Å². The van der Waals surface area contributed by atoms with Gasteiger partial charge in [0.2, 0.25) is 0 Å². The fourth-order valence-corrected chi connectivity index (χ4v) is 2.37. The number of hydrogen-bond acceptors (Lipinski definition) is 2. The van der Waals surface area contributed by atoms with Crippen LogP contribution < -0.4 is 10.5 Å². The minimum atomic E-state index is -0.669. The van der Waals surface area contributed by atoms with Crippen molar-refractivity contribution in [2.75, 3.05) is 7.11 Å². The van der Waals surface area contributed by atoms with E-state index in [1.165, 1.54) is 37.4 Å². The molecule has 0 spiro atoms. The Hall–Kier alpha value is -1.46. The Bertz CT molecular complexity index is 584. The lowest BCUT2D eigenvalue weighted by molar-refractivity contribution is 0.406. The highest BCUT2D eigenvalue weighted by Gasteiger charge is 2.16. The zero-order chi connectivity index (χ0) is 14.0. The number of methoxy groups -OCH3 is 1. The third-order valence-corrected chi connectivity index (χ3v) is 3.23. The van der Waals surface area contributed by atoms with Gasteiger partial charge in [0.1, 0.15) is 17.4 Å². The second-order valence-corrected chi connectivity index (χ2v) is 4.98. The summed E-state index contributed by atoms with van der Waals surface area (Å²) in [5.74, 6) is -0.355. The zero-order valence-corrected chi connectivity index (χ0v) is 11.7. The lowest BCUT2D eigenvalue weighted by atomic mass is 9.98. The molecule has 0 amide bonds. The van der Waals surface area contributed by atoms with Gasteiger partial charge in [-0.05, 0) is 42.0 Å². The molecule has 0 aliphatic heterocycles. The summed E-state index contributed by atoms with van der Waals surface area (Å²) in [6.45, 7) is 0. The molecule has 1 atom stereocenters. The van der Waals surface area contributed by atoms with Crippen molar-refractivity contribution in [2.24, 2.45) is 5.73 Å². The Kier molecular flexibility index (Phi) is 4.17. The van der Waals surface area contributed by atoms with Crippen LogP contribution in [0.25, 0.3) is 0 Å². The molecule has 5 heteroatoms. The van der Waals surface area contributed by atoms with E-state index < -0.39 is 17.7 Å². The van der Waals surface area contributed by atoms with Crippen molar-refractivity contribution in [3.63, 3.8) is 0 Å². The fourth-order valence-electron chi connectivity index (χ4n) is 1.88. The van der Waals surface area contributed by atoms with Crippen molar-refractivity contribution in [2.45, 2.75) is 6.04 Å². The van der Waals surface area contributed by atoms with Crippen molar-refractivity contribution in [3.8, 4) is 5.75 Å². The number of rotatable bonds is 3. The summed E-state index contributed by atoms with van der Waals surface area (Å²) in [5, 5.41) is 0. The molecule has 0 aliphatic rings. The first kappa shape index (κ1) is 14.0. The van der Waals surface area contributed by atoms with Crippen molar-refractivity contribution >= 4 is 15.9 Å². The van der Waals surface area contributed by atoms with Gasteiger partial charge in [-0.15, -0.1) is 0 Å². The summed E-state index contributed by atoms with van der Waals surface area (Å²) >= 11 is 3.20. The van der Waals surface area contributed by atoms with Crippen LogP contribution in [0.2, 0.25) is 0 Å². The lowest BCUT2D eigenvalue weighted by Crippen LogP contribution is -2.13. The summed E-state index contributed by atoms with van der Waals surface area (Å²) in [6, 6.07) is 7.76. The average Bonchev–Trinajstić information content (AvgIpc) is 2.36. The van der Waals surface area contributed by atoms with E-state index in [9.17, 15) is 8.78 Å². The number of nitrogens with two attached hydrogens (primary N) is 1. The predicted octanol–water partition coefficient (Wildman–Crippen LogP) is 3.78. The Morgan fingerprint density at radius 2 is 1.84 bits per heavy atom. The Morgan fingerprint density at radius 3 is 2.47 bits per heavy atom. The van der Waals surface area contributed by atoms with Crippen molar-refractivity contribution < 1.29 is 13.5 Å². The molecule has 0 saturated carbocycles. The molecule has 0 heterocycles. The molecular weight excluding hydrogens is 316 g/mol. The summed E-state index contributed by atoms with van der Waals surface area (Å²) < 4.78 is 32.4. The molecule has 100 valence electrons. The second kappa shape index (κ2) is 5.67. The standard InChI is InChI=1S/C14H12BrF2NO/c1-19-13-3-2-10(16)7-12(13)14(18)8-4-9(15)6-11(17)5-8/h2-7,14H,18H2,1H3. The highest BCUT2D eigenvalue weighted by atomic mass is 79.9. The highest BCUT2D eigenvalue weighted by Crippen LogP contribution is 2.30. The summed E-state index contributed by atoms with van der Waals surface area (Å²) in [4.78, 5) is 0. The van der Waals surface area contributed by atoms with Crippen LogP contribution in [0, 0.1) is 11.6 Å². The van der Waals surface area contributed by atoms with Crippen LogP contribution in [0.1, 0.15) is 17.2 Å². The minimum absolute atomic E-state index is 0.407. The molecule has 1 unspecified atom stereocenters. The van der Waals surface area contributed by atoms with E-state index in [4.69, 9.17) is 10.5 Å². The number of hydrogen-bond donors (Lipinski definition) is 1. The maximum atomic E-state index is 13.4. The third kappa shape index (κ3) is 3.11. The summed E-state index contributed by atoms with van der Waals surface area (Å²) in [5.41, 5.74) is 7.08. The van der Waals surface area contributed by atoms with Gasteiger partial charge in [0.15, 0.2) is 0 Å². The van der Waals surface area contributed by atoms with E-state index in [0.717, 1.165) is 0 Å². The molecule has 19 heavy (non-hydrogen) atoms. The van der Waals surface area contributed by atoms with Gasteiger partial charge in [-0.2, -0.15) is 0 Å². The fraction of sp³-hybridized carbons (Fsp3) is 0.143. The molecule has 2 N–H and O–H groups in total. The van der Waals surface area contributed by atoms with Crippen molar-refractivity contribution in [3.05, 3.63) is 63.6 Å². The second-order valence-electron chi connectivity index (χ2n) is 4.07. The van der Waals surface area contributed by atoms with Gasteiger partial charge in [-0.3, -0.25) is 0 Å². The van der Waals surface area contributed by atoms with E-state index in [-0.39, 0.29) is 0 Å². The number of ether oxygens (including phenoxy) is 1. The molecule has 2 rings (SSSR count). The largest absolute Gasteiger partial charge is 0.496 e. The molecule has 2 nitrogen and oxygen atoms in total. The van der Waals surface area contributed by atoms with Crippen molar-refractivity contribution in [1.82, 2.24) is 0 Å². The van der Waals surface area contributed by atoms with E-state index in [1.807, 2.05) is 0 Å². The van der Waals surface area contributed by atoms with Gasteiger partial charge in [-0.1, -0.05) is 15.9 Å². The van der Waals surface area contributed by atoms with E-state index in [2.05, 4.69) is 15.9 Å². The lowest BCUT2D eigenvalue weighted by Gasteiger charge is -2.16. The van der Waals surface area contributed by atoms with Crippen LogP contribution in [0.4, 0.5) is 8.78 Å². The van der Waals surface area contributed by atoms with E-state index in [1.54, 1.807) is 6.07 Å². The summed E-state index contributed by atoms with van der Waals surface area (Å²) in [6.07, 6.45) is 0. The molecule has 0 saturated heterocycles. The van der Waals surface area contributed by atoms with Crippen LogP contribution in [0.15, 0.2) is 40.9 Å². The zero-order valence-electron chi connectivity index (χ0n) is 10.2. The molecule has 0 radical (unpaired) electrons. The van der Waals surface area contributed by atoms with Crippen LogP contribution in [0.3, 0.4) is 0 Å². The van der Waals surface area contributed by atoms with Crippen molar-refractivity contribution in [1.29, 1.82) is 0 Å². The predicted molar refractivity (Wildman–Crippen MR) is 73.1 cm³/mol. The third-order valence-electron chi connectivity index (χ3n) is 2.77. The van der Waals surface area contributed by atoms with Crippen LogP contribution in [-0.2, 0) is 0 Å². The SMILES string of the molecule is COc1ccc(F)cc1C(N)c1cc(F)cc(Br)c1. The monoisotopic (exact) mass is 327 g/mol. The Balaban J connectivity index is 2.48. The maximum Gasteiger partial charge on any atom is 0.124 e. The quantitative estimate of drug-likeness (QED) is 0.931. The smallest absolute Gasteiger partial charge is 0.124 e. The van der Waals surface area contributed by atoms with Gasteiger partial charge in [0.25, 0.3) is 0 Å². The molecule has 0 aliphatic carbocycles. The minimum Gasteiger partial charge on any atom is -0.496 e. The molecule has 0 bridgehead atoms. The topological polar surface area (TPSA) is 35.2 Å². The number of benzene rings is 2. The highest BCUT2D eigenvalue weighted by molar-refractivity contribution is 9.10. The molecule has 0 fully saturated rings. The first-order valence-electron chi connectivity index (χ1n) is 5.56. The van der Waals surface area contributed by atoms with Crippen LogP contribution in [-0.4, -0.2) is 7.11 Å². The van der Waals surface area contributed by atoms with Crippen LogP contribution >= 0.6 is 15.9 Å². The Labute approximate surface area is 118 Å². The molecular formula is C14H12BrF2NO. The van der Waals surface area contributed by atoms with Crippen LogP contribution in [0.5, 0.6) is 5.75 Å².